The fourth-order valence-corrected chi connectivity index (χ4v) is 1.77. The van der Waals surface area contributed by atoms with Gasteiger partial charge in [0.2, 0.25) is 5.91 Å². The highest BCUT2D eigenvalue weighted by Gasteiger charge is 2.01. The van der Waals surface area contributed by atoms with Gasteiger partial charge in [-0.25, -0.2) is 0 Å². The number of halogens is 1. The van der Waals surface area contributed by atoms with Gasteiger partial charge < -0.3 is 15.8 Å². The van der Waals surface area contributed by atoms with Gasteiger partial charge in [0, 0.05) is 24.5 Å². The summed E-state index contributed by atoms with van der Waals surface area (Å²) in [5.41, 5.74) is 6.48. The first-order chi connectivity index (χ1) is 9.22. The average Bonchev–Trinajstić information content (AvgIpc) is 2.41. The number of carbonyl (C=O) groups excluding carboxylic acids is 1. The number of aryl methyl sites for hydroxylation is 1. The van der Waals surface area contributed by atoms with E-state index in [4.69, 9.17) is 22.1 Å². The Morgan fingerprint density at radius 3 is 2.68 bits per heavy atom. The molecule has 0 aliphatic carbocycles. The molecule has 0 spiro atoms. The maximum atomic E-state index is 11.5. The minimum absolute atomic E-state index is 0.0605. The quantitative estimate of drug-likeness (QED) is 0.679. The molecule has 1 rings (SSSR count). The number of carbonyl (C=O) groups is 1. The second kappa shape index (κ2) is 9.78. The van der Waals surface area contributed by atoms with Crippen molar-refractivity contribution >= 4 is 17.5 Å². The first kappa shape index (κ1) is 16.0. The molecular weight excluding hydrogens is 264 g/mol. The summed E-state index contributed by atoms with van der Waals surface area (Å²) in [5, 5.41) is 3.55. The Hall–Kier alpha value is -1.10. The van der Waals surface area contributed by atoms with Gasteiger partial charge in [0.25, 0.3) is 0 Å². The van der Waals surface area contributed by atoms with E-state index in [0.29, 0.717) is 32.7 Å². The summed E-state index contributed by atoms with van der Waals surface area (Å²) >= 11 is 5.81. The fourth-order valence-electron chi connectivity index (χ4n) is 1.64. The van der Waals surface area contributed by atoms with E-state index in [1.54, 1.807) is 0 Å². The molecule has 0 aromatic heterocycles. The third-order valence-electron chi connectivity index (χ3n) is 2.61. The maximum absolute atomic E-state index is 11.5. The Kier molecular flexibility index (Phi) is 8.21. The van der Waals surface area contributed by atoms with E-state index in [1.807, 2.05) is 24.3 Å². The summed E-state index contributed by atoms with van der Waals surface area (Å²) in [7, 11) is 0. The van der Waals surface area contributed by atoms with Gasteiger partial charge in [0.15, 0.2) is 0 Å². The molecule has 1 aromatic rings. The van der Waals surface area contributed by atoms with Crippen LogP contribution in [0, 0.1) is 0 Å². The first-order valence-electron chi connectivity index (χ1n) is 6.51. The summed E-state index contributed by atoms with van der Waals surface area (Å²) in [4.78, 5) is 11.5. The number of ether oxygens (including phenoxy) is 1. The highest BCUT2D eigenvalue weighted by atomic mass is 35.5. The van der Waals surface area contributed by atoms with Crippen LogP contribution in [0.5, 0.6) is 0 Å². The molecule has 4 nitrogen and oxygen atoms in total. The van der Waals surface area contributed by atoms with E-state index in [1.165, 1.54) is 5.56 Å². The van der Waals surface area contributed by atoms with Crippen molar-refractivity contribution in [1.82, 2.24) is 5.32 Å². The molecule has 1 amide bonds. The molecule has 0 heterocycles. The van der Waals surface area contributed by atoms with Crippen LogP contribution in [-0.4, -0.2) is 32.2 Å². The van der Waals surface area contributed by atoms with Crippen molar-refractivity contribution in [3.8, 4) is 0 Å². The number of nitrogens with two attached hydrogens (primary N) is 1. The van der Waals surface area contributed by atoms with Crippen molar-refractivity contribution in [2.24, 2.45) is 5.73 Å². The third kappa shape index (κ3) is 7.82. The van der Waals surface area contributed by atoms with Gasteiger partial charge >= 0.3 is 0 Å². The molecule has 0 fully saturated rings. The number of hydrogen-bond donors (Lipinski definition) is 2. The van der Waals surface area contributed by atoms with Crippen LogP contribution in [0.2, 0.25) is 5.02 Å². The Morgan fingerprint density at radius 1 is 1.26 bits per heavy atom. The highest BCUT2D eigenvalue weighted by molar-refractivity contribution is 6.30. The summed E-state index contributed by atoms with van der Waals surface area (Å²) in [5.74, 6) is 0.0605. The van der Waals surface area contributed by atoms with E-state index < -0.39 is 0 Å². The molecular formula is C14H21ClN2O2. The summed E-state index contributed by atoms with van der Waals surface area (Å²) < 4.78 is 5.17. The van der Waals surface area contributed by atoms with E-state index in [9.17, 15) is 4.79 Å². The van der Waals surface area contributed by atoms with Crippen LogP contribution in [-0.2, 0) is 16.0 Å². The lowest BCUT2D eigenvalue weighted by Crippen LogP contribution is -2.27. The van der Waals surface area contributed by atoms with Crippen LogP contribution in [0.1, 0.15) is 18.4 Å². The minimum Gasteiger partial charge on any atom is -0.378 e. The summed E-state index contributed by atoms with van der Waals surface area (Å²) in [6.45, 7) is 2.10. The maximum Gasteiger partial charge on any atom is 0.220 e. The van der Waals surface area contributed by atoms with Crippen molar-refractivity contribution in [3.63, 3.8) is 0 Å². The van der Waals surface area contributed by atoms with Gasteiger partial charge in [0.05, 0.1) is 13.2 Å². The Balaban J connectivity index is 2.05. The SMILES string of the molecule is NCCOCCNC(=O)CCCc1ccc(Cl)cc1. The number of hydrogen-bond acceptors (Lipinski definition) is 3. The number of benzene rings is 1. The Labute approximate surface area is 119 Å². The molecule has 0 saturated heterocycles. The molecule has 0 bridgehead atoms. The van der Waals surface area contributed by atoms with Crippen molar-refractivity contribution in [2.75, 3.05) is 26.3 Å². The monoisotopic (exact) mass is 284 g/mol. The zero-order valence-electron chi connectivity index (χ0n) is 11.0. The topological polar surface area (TPSA) is 64.3 Å². The average molecular weight is 285 g/mol. The highest BCUT2D eigenvalue weighted by Crippen LogP contribution is 2.11. The predicted molar refractivity (Wildman–Crippen MR) is 77.3 cm³/mol. The molecule has 0 aliphatic heterocycles. The van der Waals surface area contributed by atoms with Crippen LogP contribution in [0.4, 0.5) is 0 Å². The van der Waals surface area contributed by atoms with E-state index in [0.717, 1.165) is 17.9 Å². The number of rotatable bonds is 9. The van der Waals surface area contributed by atoms with Gasteiger partial charge in [-0.05, 0) is 30.5 Å². The smallest absolute Gasteiger partial charge is 0.220 e. The van der Waals surface area contributed by atoms with Crippen molar-refractivity contribution < 1.29 is 9.53 Å². The lowest BCUT2D eigenvalue weighted by Gasteiger charge is -2.06. The van der Waals surface area contributed by atoms with Gasteiger partial charge in [-0.3, -0.25) is 4.79 Å². The first-order valence-corrected chi connectivity index (χ1v) is 6.89. The van der Waals surface area contributed by atoms with E-state index >= 15 is 0 Å². The summed E-state index contributed by atoms with van der Waals surface area (Å²) in [6.07, 6.45) is 2.24. The molecule has 0 unspecified atom stereocenters. The van der Waals surface area contributed by atoms with E-state index in [-0.39, 0.29) is 5.91 Å². The molecule has 19 heavy (non-hydrogen) atoms. The van der Waals surface area contributed by atoms with E-state index in [2.05, 4.69) is 5.32 Å². The van der Waals surface area contributed by atoms with Gasteiger partial charge in [-0.2, -0.15) is 0 Å². The van der Waals surface area contributed by atoms with Crippen molar-refractivity contribution in [2.45, 2.75) is 19.3 Å². The zero-order chi connectivity index (χ0) is 13.9. The lowest BCUT2D eigenvalue weighted by atomic mass is 10.1. The largest absolute Gasteiger partial charge is 0.378 e. The normalized spacial score (nSPS) is 10.4. The molecule has 0 aliphatic rings. The number of amides is 1. The second-order valence-corrected chi connectivity index (χ2v) is 4.67. The van der Waals surface area contributed by atoms with Gasteiger partial charge in [-0.1, -0.05) is 23.7 Å². The summed E-state index contributed by atoms with van der Waals surface area (Å²) in [6, 6.07) is 7.71. The molecule has 0 saturated carbocycles. The van der Waals surface area contributed by atoms with Crippen LogP contribution in [0.3, 0.4) is 0 Å². The fraction of sp³-hybridized carbons (Fsp3) is 0.500. The zero-order valence-corrected chi connectivity index (χ0v) is 11.8. The van der Waals surface area contributed by atoms with Crippen molar-refractivity contribution in [3.05, 3.63) is 34.9 Å². The van der Waals surface area contributed by atoms with Crippen LogP contribution in [0.15, 0.2) is 24.3 Å². The molecule has 106 valence electrons. The third-order valence-corrected chi connectivity index (χ3v) is 2.87. The molecule has 0 radical (unpaired) electrons. The lowest BCUT2D eigenvalue weighted by molar-refractivity contribution is -0.121. The standard InChI is InChI=1S/C14H21ClN2O2/c15-13-6-4-12(5-7-13)2-1-3-14(18)17-9-11-19-10-8-16/h4-7H,1-3,8-11,16H2,(H,17,18). The van der Waals surface area contributed by atoms with Crippen LogP contribution < -0.4 is 11.1 Å². The molecule has 3 N–H and O–H groups in total. The second-order valence-electron chi connectivity index (χ2n) is 4.23. The Morgan fingerprint density at radius 2 is 2.00 bits per heavy atom. The van der Waals surface area contributed by atoms with Crippen LogP contribution in [0.25, 0.3) is 0 Å². The van der Waals surface area contributed by atoms with Gasteiger partial charge in [0.1, 0.15) is 0 Å². The van der Waals surface area contributed by atoms with Crippen molar-refractivity contribution in [1.29, 1.82) is 0 Å². The molecule has 5 heteroatoms. The van der Waals surface area contributed by atoms with Gasteiger partial charge in [-0.15, -0.1) is 0 Å². The molecule has 0 atom stereocenters. The predicted octanol–water partition coefficient (Wildman–Crippen LogP) is 1.75. The Bertz CT molecular complexity index is 368. The minimum atomic E-state index is 0.0605. The van der Waals surface area contributed by atoms with Crippen LogP contribution >= 0.6 is 11.6 Å². The number of nitrogens with one attached hydrogen (secondary N) is 1. The molecule has 1 aromatic carbocycles.